The molecular weight excluding hydrogens is 231 g/mol. The fraction of sp³-hybridized carbons (Fsp3) is 0.500. The molecule has 1 aliphatic rings. The van der Waals surface area contributed by atoms with Gasteiger partial charge in [0, 0.05) is 18.2 Å². The lowest BCUT2D eigenvalue weighted by molar-refractivity contribution is -0.117. The van der Waals surface area contributed by atoms with Crippen molar-refractivity contribution in [1.29, 1.82) is 0 Å². The average molecular weight is 250 g/mol. The second-order valence-corrected chi connectivity index (χ2v) is 4.91. The minimum Gasteiger partial charge on any atom is -0.325 e. The van der Waals surface area contributed by atoms with Crippen LogP contribution in [0.4, 0.5) is 10.1 Å². The van der Waals surface area contributed by atoms with Crippen molar-refractivity contribution in [3.8, 4) is 0 Å². The summed E-state index contributed by atoms with van der Waals surface area (Å²) in [5.41, 5.74) is 1.90. The molecule has 1 N–H and O–H groups in total. The van der Waals surface area contributed by atoms with E-state index in [-0.39, 0.29) is 18.5 Å². The quantitative estimate of drug-likeness (QED) is 0.888. The van der Waals surface area contributed by atoms with Crippen molar-refractivity contribution >= 4 is 11.6 Å². The molecule has 18 heavy (non-hydrogen) atoms. The molecule has 0 saturated carbocycles. The number of hydrogen-bond acceptors (Lipinski definition) is 2. The van der Waals surface area contributed by atoms with Gasteiger partial charge < -0.3 is 5.32 Å². The lowest BCUT2D eigenvalue weighted by Gasteiger charge is -2.15. The second kappa shape index (κ2) is 5.96. The third-order valence-corrected chi connectivity index (χ3v) is 3.37. The maximum Gasteiger partial charge on any atom is 0.238 e. The van der Waals surface area contributed by atoms with E-state index in [0.29, 0.717) is 13.1 Å². The van der Waals surface area contributed by atoms with E-state index in [1.165, 1.54) is 0 Å². The molecule has 98 valence electrons. The number of alkyl halides is 1. The third-order valence-electron chi connectivity index (χ3n) is 3.37. The molecule has 0 bridgehead atoms. The van der Waals surface area contributed by atoms with E-state index in [1.54, 1.807) is 0 Å². The largest absolute Gasteiger partial charge is 0.325 e. The Morgan fingerprint density at radius 1 is 1.50 bits per heavy atom. The van der Waals surface area contributed by atoms with Crippen LogP contribution in [0.25, 0.3) is 0 Å². The van der Waals surface area contributed by atoms with Gasteiger partial charge >= 0.3 is 0 Å². The minimum absolute atomic E-state index is 0.0243. The van der Waals surface area contributed by atoms with Gasteiger partial charge in [-0.05, 0) is 31.5 Å². The average Bonchev–Trinajstić information content (AvgIpc) is 2.80. The van der Waals surface area contributed by atoms with Gasteiger partial charge in [-0.3, -0.25) is 14.1 Å². The summed E-state index contributed by atoms with van der Waals surface area (Å²) < 4.78 is 12.5. The molecule has 1 heterocycles. The first-order valence-corrected chi connectivity index (χ1v) is 6.33. The monoisotopic (exact) mass is 250 g/mol. The highest BCUT2D eigenvalue weighted by atomic mass is 19.1. The summed E-state index contributed by atoms with van der Waals surface area (Å²) in [7, 11) is 0. The van der Waals surface area contributed by atoms with Crippen molar-refractivity contribution in [3.63, 3.8) is 0 Å². The number of nitrogens with zero attached hydrogens (tertiary/aromatic N) is 1. The molecule has 1 amide bonds. The molecule has 1 aromatic carbocycles. The summed E-state index contributed by atoms with van der Waals surface area (Å²) in [6, 6.07) is 7.70. The van der Waals surface area contributed by atoms with Gasteiger partial charge in [-0.1, -0.05) is 18.2 Å². The Hall–Kier alpha value is -1.42. The zero-order valence-corrected chi connectivity index (χ0v) is 10.7. The Morgan fingerprint density at radius 2 is 2.28 bits per heavy atom. The van der Waals surface area contributed by atoms with Gasteiger partial charge in [0.15, 0.2) is 0 Å². The number of carbonyl (C=O) groups is 1. The van der Waals surface area contributed by atoms with Crippen LogP contribution in [0.15, 0.2) is 24.3 Å². The highest BCUT2D eigenvalue weighted by molar-refractivity contribution is 5.92. The minimum atomic E-state index is -0.282. The van der Waals surface area contributed by atoms with E-state index in [4.69, 9.17) is 0 Å². The molecule has 0 aliphatic carbocycles. The van der Waals surface area contributed by atoms with Crippen LogP contribution in [-0.4, -0.2) is 37.1 Å². The number of carbonyl (C=O) groups excluding carboxylic acids is 1. The van der Waals surface area contributed by atoms with Crippen LogP contribution < -0.4 is 5.32 Å². The van der Waals surface area contributed by atoms with Crippen molar-refractivity contribution < 1.29 is 9.18 Å². The van der Waals surface area contributed by atoms with Crippen molar-refractivity contribution in [3.05, 3.63) is 29.8 Å². The summed E-state index contributed by atoms with van der Waals surface area (Å²) in [6.45, 7) is 3.54. The van der Waals surface area contributed by atoms with E-state index in [9.17, 15) is 9.18 Å². The van der Waals surface area contributed by atoms with E-state index >= 15 is 0 Å². The van der Waals surface area contributed by atoms with Gasteiger partial charge in [0.1, 0.15) is 0 Å². The van der Waals surface area contributed by atoms with Gasteiger partial charge in [0.2, 0.25) is 5.91 Å². The lowest BCUT2D eigenvalue weighted by Crippen LogP contribution is -2.31. The number of anilines is 1. The number of amides is 1. The Kier molecular flexibility index (Phi) is 4.31. The first kappa shape index (κ1) is 13.0. The van der Waals surface area contributed by atoms with Crippen LogP contribution in [-0.2, 0) is 4.79 Å². The third kappa shape index (κ3) is 3.29. The summed E-state index contributed by atoms with van der Waals surface area (Å²) >= 11 is 0. The van der Waals surface area contributed by atoms with Crippen LogP contribution >= 0.6 is 0 Å². The topological polar surface area (TPSA) is 32.3 Å². The van der Waals surface area contributed by atoms with Crippen molar-refractivity contribution in [1.82, 2.24) is 4.90 Å². The van der Waals surface area contributed by atoms with E-state index < -0.39 is 0 Å². The molecule has 0 radical (unpaired) electrons. The maximum absolute atomic E-state index is 12.5. The fourth-order valence-electron chi connectivity index (χ4n) is 2.29. The molecule has 1 unspecified atom stereocenters. The second-order valence-electron chi connectivity index (χ2n) is 4.91. The van der Waals surface area contributed by atoms with Gasteiger partial charge in [-0.2, -0.15) is 0 Å². The Morgan fingerprint density at radius 3 is 2.94 bits per heavy atom. The number of para-hydroxylation sites is 1. The smallest absolute Gasteiger partial charge is 0.238 e. The molecule has 1 aromatic rings. The zero-order valence-electron chi connectivity index (χ0n) is 10.7. The number of benzene rings is 1. The summed E-state index contributed by atoms with van der Waals surface area (Å²) in [6.07, 6.45) is 0.855. The van der Waals surface area contributed by atoms with Crippen molar-refractivity contribution in [2.75, 3.05) is 31.6 Å². The molecule has 1 fully saturated rings. The van der Waals surface area contributed by atoms with Crippen LogP contribution in [0, 0.1) is 12.8 Å². The maximum atomic E-state index is 12.5. The van der Waals surface area contributed by atoms with Crippen molar-refractivity contribution in [2.45, 2.75) is 13.3 Å². The molecule has 2 rings (SSSR count). The molecule has 1 atom stereocenters. The first-order valence-electron chi connectivity index (χ1n) is 6.33. The van der Waals surface area contributed by atoms with Gasteiger partial charge in [0.25, 0.3) is 0 Å². The van der Waals surface area contributed by atoms with Crippen LogP contribution in [0.5, 0.6) is 0 Å². The standard InChI is InChI=1S/C14H19FN2O/c1-11-4-2-3-5-13(11)16-14(18)10-17-7-6-12(8-15)9-17/h2-5,12H,6-10H2,1H3,(H,16,18). The molecule has 3 nitrogen and oxygen atoms in total. The van der Waals surface area contributed by atoms with Gasteiger partial charge in [0.05, 0.1) is 13.2 Å². The highest BCUT2D eigenvalue weighted by Crippen LogP contribution is 2.17. The highest BCUT2D eigenvalue weighted by Gasteiger charge is 2.23. The SMILES string of the molecule is Cc1ccccc1NC(=O)CN1CCC(CF)C1. The van der Waals surface area contributed by atoms with Gasteiger partial charge in [-0.15, -0.1) is 0 Å². The Labute approximate surface area is 107 Å². The lowest BCUT2D eigenvalue weighted by atomic mass is 10.1. The summed E-state index contributed by atoms with van der Waals surface area (Å²) in [5.74, 6) is 0.0834. The number of aryl methyl sites for hydroxylation is 1. The van der Waals surface area contributed by atoms with Crippen LogP contribution in [0.3, 0.4) is 0 Å². The van der Waals surface area contributed by atoms with E-state index in [0.717, 1.165) is 24.2 Å². The number of hydrogen-bond donors (Lipinski definition) is 1. The van der Waals surface area contributed by atoms with Crippen LogP contribution in [0.2, 0.25) is 0 Å². The first-order chi connectivity index (χ1) is 8.69. The molecule has 1 saturated heterocycles. The number of likely N-dealkylation sites (tertiary alicyclic amines) is 1. The summed E-state index contributed by atoms with van der Waals surface area (Å²) in [4.78, 5) is 13.9. The molecule has 0 spiro atoms. The normalized spacial score (nSPS) is 20.0. The van der Waals surface area contributed by atoms with Crippen molar-refractivity contribution in [2.24, 2.45) is 5.92 Å². The van der Waals surface area contributed by atoms with E-state index in [2.05, 4.69) is 5.32 Å². The number of rotatable bonds is 4. The number of nitrogens with one attached hydrogen (secondary N) is 1. The molecular formula is C14H19FN2O. The zero-order chi connectivity index (χ0) is 13.0. The number of halogens is 1. The molecule has 0 aromatic heterocycles. The summed E-state index contributed by atoms with van der Waals surface area (Å²) in [5, 5.41) is 2.90. The molecule has 1 aliphatic heterocycles. The Balaban J connectivity index is 1.84. The Bertz CT molecular complexity index is 422. The predicted octanol–water partition coefficient (Wildman–Crippen LogP) is 2.22. The van der Waals surface area contributed by atoms with Crippen LogP contribution in [0.1, 0.15) is 12.0 Å². The van der Waals surface area contributed by atoms with Gasteiger partial charge in [-0.25, -0.2) is 0 Å². The predicted molar refractivity (Wildman–Crippen MR) is 70.3 cm³/mol. The van der Waals surface area contributed by atoms with E-state index in [1.807, 2.05) is 36.1 Å². The fourth-order valence-corrected chi connectivity index (χ4v) is 2.29. The molecule has 4 heteroatoms.